The van der Waals surface area contributed by atoms with Crippen molar-refractivity contribution in [2.75, 3.05) is 19.0 Å². The van der Waals surface area contributed by atoms with Crippen molar-refractivity contribution in [3.63, 3.8) is 0 Å². The zero-order valence-electron chi connectivity index (χ0n) is 15.0. The van der Waals surface area contributed by atoms with Gasteiger partial charge in [0.2, 0.25) is 0 Å². The lowest BCUT2D eigenvalue weighted by Crippen LogP contribution is -2.33. The number of benzene rings is 1. The SMILES string of the molecule is CN(C)c1ccc(C=Nn2c(=O)c(C(C)(C)C)nn3cnnc23)cc1. The van der Waals surface area contributed by atoms with E-state index in [1.807, 2.05) is 64.0 Å². The summed E-state index contributed by atoms with van der Waals surface area (Å²) in [6.45, 7) is 5.79. The molecule has 0 saturated heterocycles. The third-order valence-electron chi connectivity index (χ3n) is 3.75. The van der Waals surface area contributed by atoms with Gasteiger partial charge >= 0.3 is 0 Å². The maximum absolute atomic E-state index is 12.8. The molecule has 25 heavy (non-hydrogen) atoms. The highest BCUT2D eigenvalue weighted by molar-refractivity contribution is 5.80. The first-order valence-electron chi connectivity index (χ1n) is 7.92. The Kier molecular flexibility index (Phi) is 4.12. The molecule has 8 heteroatoms. The van der Waals surface area contributed by atoms with Gasteiger partial charge in [-0.3, -0.25) is 4.79 Å². The van der Waals surface area contributed by atoms with Gasteiger partial charge in [-0.1, -0.05) is 32.9 Å². The number of rotatable bonds is 3. The van der Waals surface area contributed by atoms with Crippen LogP contribution in [0.15, 0.2) is 40.5 Å². The van der Waals surface area contributed by atoms with Crippen LogP contribution in [0.5, 0.6) is 0 Å². The van der Waals surface area contributed by atoms with Gasteiger partial charge < -0.3 is 4.90 Å². The van der Waals surface area contributed by atoms with Crippen LogP contribution in [0.4, 0.5) is 5.69 Å². The normalized spacial score (nSPS) is 12.2. The lowest BCUT2D eigenvalue weighted by atomic mass is 9.93. The number of hydrogen-bond acceptors (Lipinski definition) is 6. The Bertz CT molecular complexity index is 975. The molecular weight excluding hydrogens is 318 g/mol. The monoisotopic (exact) mass is 339 g/mol. The Morgan fingerprint density at radius 2 is 1.84 bits per heavy atom. The summed E-state index contributed by atoms with van der Waals surface area (Å²) in [5, 5.41) is 16.4. The van der Waals surface area contributed by atoms with Gasteiger partial charge in [0.25, 0.3) is 11.3 Å². The first kappa shape index (κ1) is 16.8. The molecule has 3 rings (SSSR count). The second-order valence-electron chi connectivity index (χ2n) is 7.02. The molecule has 8 nitrogen and oxygen atoms in total. The molecular formula is C17H21N7O. The molecule has 0 aliphatic heterocycles. The van der Waals surface area contributed by atoms with E-state index in [1.165, 1.54) is 15.5 Å². The van der Waals surface area contributed by atoms with Crippen LogP contribution in [-0.2, 0) is 5.41 Å². The highest BCUT2D eigenvalue weighted by Gasteiger charge is 2.23. The molecule has 130 valence electrons. The lowest BCUT2D eigenvalue weighted by Gasteiger charge is -2.16. The van der Waals surface area contributed by atoms with E-state index in [2.05, 4.69) is 20.4 Å². The molecule has 1 aromatic carbocycles. The van der Waals surface area contributed by atoms with Crippen LogP contribution in [0.3, 0.4) is 0 Å². The smallest absolute Gasteiger partial charge is 0.298 e. The van der Waals surface area contributed by atoms with Crippen LogP contribution < -0.4 is 10.5 Å². The third kappa shape index (κ3) is 3.28. The third-order valence-corrected chi connectivity index (χ3v) is 3.75. The molecule has 0 unspecified atom stereocenters. The van der Waals surface area contributed by atoms with Crippen LogP contribution in [-0.4, -0.2) is 44.8 Å². The van der Waals surface area contributed by atoms with Crippen molar-refractivity contribution in [2.24, 2.45) is 5.10 Å². The number of nitrogens with zero attached hydrogens (tertiary/aromatic N) is 7. The fraction of sp³-hybridized carbons (Fsp3) is 0.353. The minimum atomic E-state index is -0.416. The van der Waals surface area contributed by atoms with E-state index >= 15 is 0 Å². The van der Waals surface area contributed by atoms with Crippen molar-refractivity contribution < 1.29 is 0 Å². The van der Waals surface area contributed by atoms with E-state index in [4.69, 9.17) is 0 Å². The summed E-state index contributed by atoms with van der Waals surface area (Å²) in [4.78, 5) is 14.8. The molecule has 0 amide bonds. The maximum Gasteiger partial charge on any atom is 0.298 e. The first-order chi connectivity index (χ1) is 11.8. The van der Waals surface area contributed by atoms with Gasteiger partial charge in [0.15, 0.2) is 0 Å². The van der Waals surface area contributed by atoms with E-state index < -0.39 is 5.41 Å². The topological polar surface area (TPSA) is 80.7 Å². The molecule has 0 atom stereocenters. The van der Waals surface area contributed by atoms with Gasteiger partial charge in [-0.2, -0.15) is 19.4 Å². The van der Waals surface area contributed by atoms with Gasteiger partial charge in [-0.05, 0) is 17.7 Å². The van der Waals surface area contributed by atoms with Crippen LogP contribution in [0.1, 0.15) is 32.0 Å². The van der Waals surface area contributed by atoms with Gasteiger partial charge in [0.05, 0.1) is 6.21 Å². The zero-order chi connectivity index (χ0) is 18.2. The molecule has 3 aromatic rings. The molecule has 2 heterocycles. The molecule has 0 N–H and O–H groups in total. The number of hydrogen-bond donors (Lipinski definition) is 0. The number of anilines is 1. The van der Waals surface area contributed by atoms with Crippen molar-refractivity contribution in [1.82, 2.24) is 24.5 Å². The Morgan fingerprint density at radius 1 is 1.16 bits per heavy atom. The number of fused-ring (bicyclic) bond motifs is 1. The second kappa shape index (κ2) is 6.12. The quantitative estimate of drug-likeness (QED) is 0.676. The molecule has 0 aliphatic rings. The summed E-state index contributed by atoms with van der Waals surface area (Å²) >= 11 is 0. The first-order valence-corrected chi connectivity index (χ1v) is 7.92. The predicted octanol–water partition coefficient (Wildman–Crippen LogP) is 1.53. The predicted molar refractivity (Wildman–Crippen MR) is 97.5 cm³/mol. The molecule has 0 saturated carbocycles. The van der Waals surface area contributed by atoms with Crippen LogP contribution in [0, 0.1) is 0 Å². The average molecular weight is 339 g/mol. The summed E-state index contributed by atoms with van der Waals surface area (Å²) in [6, 6.07) is 7.86. The highest BCUT2D eigenvalue weighted by Crippen LogP contribution is 2.16. The Labute approximate surface area is 145 Å². The van der Waals surface area contributed by atoms with E-state index in [0.29, 0.717) is 5.69 Å². The highest BCUT2D eigenvalue weighted by atomic mass is 16.1. The van der Waals surface area contributed by atoms with Crippen LogP contribution in [0.25, 0.3) is 5.78 Å². The van der Waals surface area contributed by atoms with E-state index in [9.17, 15) is 4.79 Å². The van der Waals surface area contributed by atoms with E-state index in [0.717, 1.165) is 11.3 Å². The largest absolute Gasteiger partial charge is 0.378 e. The molecule has 0 radical (unpaired) electrons. The molecule has 0 fully saturated rings. The van der Waals surface area contributed by atoms with Gasteiger partial charge in [0, 0.05) is 25.2 Å². The zero-order valence-corrected chi connectivity index (χ0v) is 15.0. The van der Waals surface area contributed by atoms with Crippen molar-refractivity contribution >= 4 is 17.7 Å². The maximum atomic E-state index is 12.8. The summed E-state index contributed by atoms with van der Waals surface area (Å²) in [7, 11) is 3.96. The number of aromatic nitrogens is 5. The van der Waals surface area contributed by atoms with E-state index in [-0.39, 0.29) is 11.3 Å². The molecule has 2 aromatic heterocycles. The van der Waals surface area contributed by atoms with Crippen molar-refractivity contribution in [2.45, 2.75) is 26.2 Å². The molecule has 0 aliphatic carbocycles. The van der Waals surface area contributed by atoms with Gasteiger partial charge in [-0.15, -0.1) is 10.2 Å². The summed E-state index contributed by atoms with van der Waals surface area (Å²) in [6.07, 6.45) is 3.09. The van der Waals surface area contributed by atoms with Crippen molar-refractivity contribution in [1.29, 1.82) is 0 Å². The summed E-state index contributed by atoms with van der Waals surface area (Å²) < 4.78 is 2.70. The van der Waals surface area contributed by atoms with Crippen molar-refractivity contribution in [3.05, 3.63) is 52.2 Å². The fourth-order valence-corrected chi connectivity index (χ4v) is 2.33. The Morgan fingerprint density at radius 3 is 2.44 bits per heavy atom. The summed E-state index contributed by atoms with van der Waals surface area (Å²) in [5.41, 5.74) is 1.66. The second-order valence-corrected chi connectivity index (χ2v) is 7.02. The summed E-state index contributed by atoms with van der Waals surface area (Å²) in [5.74, 6) is 0.277. The average Bonchev–Trinajstić information content (AvgIpc) is 3.01. The van der Waals surface area contributed by atoms with Gasteiger partial charge in [-0.25, -0.2) is 0 Å². The lowest BCUT2D eigenvalue weighted by molar-refractivity contribution is 0.529. The minimum Gasteiger partial charge on any atom is -0.378 e. The van der Waals surface area contributed by atoms with Crippen LogP contribution in [0.2, 0.25) is 0 Å². The minimum absolute atomic E-state index is 0.277. The van der Waals surface area contributed by atoms with E-state index in [1.54, 1.807) is 6.21 Å². The van der Waals surface area contributed by atoms with Crippen molar-refractivity contribution in [3.8, 4) is 0 Å². The Balaban J connectivity index is 2.07. The molecule has 0 bridgehead atoms. The van der Waals surface area contributed by atoms with Gasteiger partial charge in [0.1, 0.15) is 12.0 Å². The molecule has 0 spiro atoms. The Hall–Kier alpha value is -3.03. The standard InChI is InChI=1S/C17H21N7O/c1-17(2,3)14-15(25)24(16-20-18-11-23(16)21-14)19-10-12-6-8-13(9-7-12)22(4)5/h6-11H,1-5H3. The fourth-order valence-electron chi connectivity index (χ4n) is 2.33. The van der Waals surface area contributed by atoms with Crippen LogP contribution >= 0.6 is 0 Å².